The zero-order valence-electron chi connectivity index (χ0n) is 34.1. The van der Waals surface area contributed by atoms with Crippen LogP contribution in [0.15, 0.2) is 48.4 Å². The third kappa shape index (κ3) is 9.05. The first-order valence-corrected chi connectivity index (χ1v) is 21.3. The lowest BCUT2D eigenvalue weighted by atomic mass is 10.0. The molecule has 4 amide bonds. The van der Waals surface area contributed by atoms with Gasteiger partial charge in [0.1, 0.15) is 41.3 Å². The van der Waals surface area contributed by atoms with E-state index in [0.29, 0.717) is 62.6 Å². The number of carboxylic acids is 1. The summed E-state index contributed by atoms with van der Waals surface area (Å²) in [4.78, 5) is 77.7. The van der Waals surface area contributed by atoms with Crippen molar-refractivity contribution in [3.05, 3.63) is 48.4 Å². The van der Waals surface area contributed by atoms with Gasteiger partial charge < -0.3 is 44.9 Å². The standard InChI is InChI=1S/C43H52N6O10S/c1-6-25-20-43(25,40(53)54)48-38(51)32-16-27(21-49(32)39(52)37(23(2)3)47-42(55)59-26-13-9-10-14-26)58-33-19-30(44-29-18-35(57-5)34(56-4)17-28(29)33)31-22-60-41(45-31)46-36(50)15-24-11-7-8-12-24/h6,17-19,22,24-27,32,37H,1-2,7-16,20-21H2,3-5H3,(H,47,55)(H,48,51)(H,53,54)(H,45,46,50)/t25-,27-,32+,37+,43-/m1/s1. The number of nitrogens with one attached hydrogen (secondary N) is 3. The summed E-state index contributed by atoms with van der Waals surface area (Å²) in [6.45, 7) is 9.15. The zero-order chi connectivity index (χ0) is 42.7. The minimum absolute atomic E-state index is 0.0260. The van der Waals surface area contributed by atoms with Crippen molar-refractivity contribution in [1.82, 2.24) is 25.5 Å². The maximum atomic E-state index is 14.4. The lowest BCUT2D eigenvalue weighted by Crippen LogP contribution is -2.56. The first-order chi connectivity index (χ1) is 28.8. The molecule has 3 aliphatic carbocycles. The number of nitrogens with zero attached hydrogens (tertiary/aromatic N) is 3. The Kier molecular flexibility index (Phi) is 12.6. The number of alkyl carbamates (subject to hydrolysis) is 1. The predicted molar refractivity (Wildman–Crippen MR) is 223 cm³/mol. The molecule has 3 saturated carbocycles. The fourth-order valence-electron chi connectivity index (χ4n) is 8.59. The van der Waals surface area contributed by atoms with Gasteiger partial charge in [0.05, 0.1) is 32.0 Å². The fourth-order valence-corrected chi connectivity index (χ4v) is 9.31. The van der Waals surface area contributed by atoms with E-state index in [1.165, 1.54) is 36.5 Å². The second-order valence-electron chi connectivity index (χ2n) is 16.2. The summed E-state index contributed by atoms with van der Waals surface area (Å²) in [6, 6.07) is 2.69. The van der Waals surface area contributed by atoms with E-state index in [0.717, 1.165) is 51.4 Å². The number of aromatic nitrogens is 2. The quantitative estimate of drug-likeness (QED) is 0.123. The number of likely N-dealkylation sites (tertiary alicyclic amines) is 1. The van der Waals surface area contributed by atoms with Gasteiger partial charge in [-0.1, -0.05) is 25.5 Å². The molecule has 4 fully saturated rings. The van der Waals surface area contributed by atoms with E-state index in [1.54, 1.807) is 30.5 Å². The molecule has 1 aliphatic heterocycles. The highest BCUT2D eigenvalue weighted by Gasteiger charge is 2.61. The van der Waals surface area contributed by atoms with Crippen molar-refractivity contribution in [1.29, 1.82) is 0 Å². The molecule has 3 heterocycles. The highest BCUT2D eigenvalue weighted by molar-refractivity contribution is 7.14. The van der Waals surface area contributed by atoms with Crippen molar-refractivity contribution in [2.45, 2.75) is 107 Å². The molecule has 2 aromatic heterocycles. The monoisotopic (exact) mass is 844 g/mol. The Morgan fingerprint density at radius 2 is 1.68 bits per heavy atom. The Morgan fingerprint density at radius 3 is 2.33 bits per heavy atom. The molecule has 4 N–H and O–H groups in total. The molecule has 4 aliphatic rings. The van der Waals surface area contributed by atoms with Crippen LogP contribution in [0.4, 0.5) is 9.93 Å². The molecular weight excluding hydrogens is 793 g/mol. The van der Waals surface area contributed by atoms with E-state index in [9.17, 15) is 29.1 Å². The molecule has 0 radical (unpaired) electrons. The van der Waals surface area contributed by atoms with Crippen LogP contribution in [0.3, 0.4) is 0 Å². The number of rotatable bonds is 16. The number of benzene rings is 1. The summed E-state index contributed by atoms with van der Waals surface area (Å²) in [5.41, 5.74) is 0.138. The molecule has 3 aromatic rings. The normalized spacial score (nSPS) is 23.1. The molecule has 1 aromatic carbocycles. The number of methoxy groups -OCH3 is 2. The van der Waals surface area contributed by atoms with Crippen molar-refractivity contribution in [2.75, 3.05) is 26.1 Å². The van der Waals surface area contributed by atoms with Gasteiger partial charge in [0.25, 0.3) is 0 Å². The molecule has 320 valence electrons. The van der Waals surface area contributed by atoms with Gasteiger partial charge in [-0.3, -0.25) is 14.4 Å². The Morgan fingerprint density at radius 1 is 0.983 bits per heavy atom. The number of carboxylic acid groups (broad SMARTS) is 1. The van der Waals surface area contributed by atoms with Gasteiger partial charge >= 0.3 is 12.1 Å². The molecule has 7 rings (SSSR count). The number of thiazole rings is 1. The van der Waals surface area contributed by atoms with Crippen LogP contribution in [0.1, 0.15) is 77.6 Å². The number of amides is 4. The minimum atomic E-state index is -1.56. The predicted octanol–water partition coefficient (Wildman–Crippen LogP) is 6.00. The summed E-state index contributed by atoms with van der Waals surface area (Å²) in [6.07, 6.45) is 7.95. The topological polar surface area (TPSA) is 208 Å². The van der Waals surface area contributed by atoms with Crippen molar-refractivity contribution < 1.29 is 48.0 Å². The molecule has 0 bridgehead atoms. The lowest BCUT2D eigenvalue weighted by molar-refractivity contribution is -0.145. The second-order valence-corrected chi connectivity index (χ2v) is 17.1. The Bertz CT molecular complexity index is 2180. The number of hydrogen-bond donors (Lipinski definition) is 4. The number of carbonyl (C=O) groups excluding carboxylic acids is 4. The summed E-state index contributed by atoms with van der Waals surface area (Å²) in [5.74, 6) is -1.57. The van der Waals surface area contributed by atoms with E-state index in [1.807, 2.05) is 0 Å². The summed E-state index contributed by atoms with van der Waals surface area (Å²) in [5, 5.41) is 21.1. The number of anilines is 1. The van der Waals surface area contributed by atoms with Gasteiger partial charge in [-0.2, -0.15) is 0 Å². The number of pyridine rings is 1. The number of carbonyl (C=O) groups is 5. The lowest BCUT2D eigenvalue weighted by Gasteiger charge is -2.29. The Balaban J connectivity index is 1.19. The molecule has 16 nitrogen and oxygen atoms in total. The van der Waals surface area contributed by atoms with E-state index >= 15 is 0 Å². The van der Waals surface area contributed by atoms with Crippen LogP contribution >= 0.6 is 11.3 Å². The average molecular weight is 845 g/mol. The molecule has 5 atom stereocenters. The summed E-state index contributed by atoms with van der Waals surface area (Å²) in [7, 11) is 3.01. The number of ether oxygens (including phenoxy) is 4. The first-order valence-electron chi connectivity index (χ1n) is 20.4. The maximum Gasteiger partial charge on any atom is 0.408 e. The molecule has 17 heteroatoms. The smallest absolute Gasteiger partial charge is 0.408 e. The SMILES string of the molecule is C=C[C@@H]1C[C@]1(NC(=O)[C@@H]1C[C@@H](Oc2cc(-c3csc(NC(=O)CC4CCCC4)n3)nc3cc(OC)c(OC)cc23)CN1C(=O)[C@@H](NC(=O)OC1CCCC1)C(=C)C)C(=O)O. The first kappa shape index (κ1) is 42.4. The van der Waals surface area contributed by atoms with Gasteiger partial charge in [0.15, 0.2) is 16.6 Å². The van der Waals surface area contributed by atoms with Gasteiger partial charge in [-0.05, 0) is 69.4 Å². The minimum Gasteiger partial charge on any atom is -0.493 e. The third-order valence-electron chi connectivity index (χ3n) is 12.0. The largest absolute Gasteiger partial charge is 0.493 e. The molecule has 0 spiro atoms. The van der Waals surface area contributed by atoms with Crippen LogP contribution < -0.4 is 30.2 Å². The Labute approximate surface area is 352 Å². The van der Waals surface area contributed by atoms with Crippen LogP contribution in [0.5, 0.6) is 17.2 Å². The van der Waals surface area contributed by atoms with E-state index in [-0.39, 0.29) is 31.4 Å². The van der Waals surface area contributed by atoms with Crippen LogP contribution in [0, 0.1) is 11.8 Å². The second kappa shape index (κ2) is 17.9. The molecule has 60 heavy (non-hydrogen) atoms. The number of aliphatic carboxylic acids is 1. The third-order valence-corrected chi connectivity index (χ3v) is 12.7. The molecule has 1 saturated heterocycles. The highest BCUT2D eigenvalue weighted by Crippen LogP contribution is 2.45. The summed E-state index contributed by atoms with van der Waals surface area (Å²) >= 11 is 1.28. The van der Waals surface area contributed by atoms with E-state index in [2.05, 4.69) is 34.1 Å². The number of hydrogen-bond acceptors (Lipinski definition) is 12. The van der Waals surface area contributed by atoms with Crippen LogP contribution in [-0.4, -0.2) is 100 Å². The maximum absolute atomic E-state index is 14.4. The van der Waals surface area contributed by atoms with Gasteiger partial charge in [0.2, 0.25) is 17.7 Å². The van der Waals surface area contributed by atoms with Crippen LogP contribution in [0.2, 0.25) is 0 Å². The fraction of sp³-hybridized carbons (Fsp3) is 0.512. The number of fused-ring (bicyclic) bond motifs is 1. The van der Waals surface area contributed by atoms with Crippen molar-refractivity contribution in [3.63, 3.8) is 0 Å². The van der Waals surface area contributed by atoms with Crippen molar-refractivity contribution in [3.8, 4) is 28.6 Å². The summed E-state index contributed by atoms with van der Waals surface area (Å²) < 4.78 is 23.5. The molecular formula is C43H52N6O10S. The van der Waals surface area contributed by atoms with Gasteiger partial charge in [-0.15, -0.1) is 17.9 Å². The zero-order valence-corrected chi connectivity index (χ0v) is 34.9. The van der Waals surface area contributed by atoms with Crippen molar-refractivity contribution >= 4 is 57.2 Å². The van der Waals surface area contributed by atoms with Crippen molar-refractivity contribution in [2.24, 2.45) is 11.8 Å². The van der Waals surface area contributed by atoms with Crippen LogP contribution in [0.25, 0.3) is 22.3 Å². The molecule has 0 unspecified atom stereocenters. The highest BCUT2D eigenvalue weighted by atomic mass is 32.1. The Hall–Kier alpha value is -5.71. The van der Waals surface area contributed by atoms with Crippen LogP contribution in [-0.2, 0) is 23.9 Å². The van der Waals surface area contributed by atoms with Gasteiger partial charge in [0, 0.05) is 41.7 Å². The van der Waals surface area contributed by atoms with E-state index < -0.39 is 53.5 Å². The van der Waals surface area contributed by atoms with Gasteiger partial charge in [-0.25, -0.2) is 19.6 Å². The average Bonchev–Trinajstić information content (AvgIpc) is 3.86. The van der Waals surface area contributed by atoms with E-state index in [4.69, 9.17) is 23.9 Å².